The van der Waals surface area contributed by atoms with E-state index in [-0.39, 0.29) is 0 Å². The van der Waals surface area contributed by atoms with Gasteiger partial charge in [-0.15, -0.1) is 0 Å². The molecule has 0 aromatic heterocycles. The molecule has 0 amide bonds. The fourth-order valence-electron chi connectivity index (χ4n) is 4.50. The van der Waals surface area contributed by atoms with Gasteiger partial charge < -0.3 is 14.7 Å². The van der Waals surface area contributed by atoms with Crippen LogP contribution in [0.15, 0.2) is 77.3 Å². The lowest BCUT2D eigenvalue weighted by Crippen LogP contribution is -2.45. The summed E-state index contributed by atoms with van der Waals surface area (Å²) in [5, 5.41) is 9.09. The Hall–Kier alpha value is -2.67. The van der Waals surface area contributed by atoms with E-state index in [2.05, 4.69) is 44.9 Å². The van der Waals surface area contributed by atoms with Gasteiger partial charge in [0.2, 0.25) is 0 Å². The molecule has 1 aliphatic heterocycles. The van der Waals surface area contributed by atoms with E-state index in [0.29, 0.717) is 11.6 Å². The molecule has 178 valence electrons. The number of likely N-dealkylation sites (N-methyl/N-ethyl adjacent to an activating group) is 1. The molecule has 34 heavy (non-hydrogen) atoms. The number of rotatable bonds is 9. The van der Waals surface area contributed by atoms with Crippen LogP contribution in [0.25, 0.3) is 0 Å². The smallest absolute Gasteiger partial charge is 0.335 e. The first kappa shape index (κ1) is 24.5. The monoisotopic (exact) mass is 522 g/mol. The lowest BCUT2D eigenvalue weighted by atomic mass is 10.0. The Morgan fingerprint density at radius 3 is 2.24 bits per heavy atom. The molecule has 1 heterocycles. The predicted molar refractivity (Wildman–Crippen MR) is 138 cm³/mol. The molecular weight excluding hydrogens is 492 g/mol. The Bertz CT molecular complexity index is 1070. The number of carboxylic acid groups (broad SMARTS) is 1. The van der Waals surface area contributed by atoms with E-state index in [1.807, 2.05) is 48.5 Å². The third-order valence-corrected chi connectivity index (χ3v) is 6.81. The van der Waals surface area contributed by atoms with Gasteiger partial charge in [0.05, 0.1) is 5.56 Å². The lowest BCUT2D eigenvalue weighted by Gasteiger charge is -2.38. The summed E-state index contributed by atoms with van der Waals surface area (Å²) in [6, 6.07) is 24.0. The Kier molecular flexibility index (Phi) is 8.38. The highest BCUT2D eigenvalue weighted by Crippen LogP contribution is 2.25. The Morgan fingerprint density at radius 1 is 0.971 bits per heavy atom. The van der Waals surface area contributed by atoms with Crippen LogP contribution in [-0.4, -0.2) is 47.1 Å². The molecule has 0 aliphatic carbocycles. The van der Waals surface area contributed by atoms with E-state index < -0.39 is 5.97 Å². The fraction of sp³-hybridized carbons (Fsp3) is 0.321. The van der Waals surface area contributed by atoms with Crippen molar-refractivity contribution < 1.29 is 14.6 Å². The number of halogens is 1. The van der Waals surface area contributed by atoms with Crippen LogP contribution in [0.1, 0.15) is 40.7 Å². The molecule has 1 fully saturated rings. The van der Waals surface area contributed by atoms with Gasteiger partial charge in [0.25, 0.3) is 0 Å². The zero-order valence-corrected chi connectivity index (χ0v) is 21.1. The van der Waals surface area contributed by atoms with E-state index in [9.17, 15) is 4.79 Å². The summed E-state index contributed by atoms with van der Waals surface area (Å²) in [7, 11) is 2.14. The second kappa shape index (κ2) is 11.6. The standard InChI is InChI=1S/C28H31BrN2O3/c1-30(18-21-5-9-23(10-6-21)28(32)33)20-25-4-2-3-17-31(25)19-22-7-13-26(14-8-22)34-27-15-11-24(29)12-16-27/h5-16,25H,2-4,17-20H2,1H3,(H,32,33)/t25-/m1/s1. The Labute approximate surface area is 210 Å². The van der Waals surface area contributed by atoms with Crippen molar-refractivity contribution in [1.29, 1.82) is 0 Å². The van der Waals surface area contributed by atoms with Gasteiger partial charge >= 0.3 is 5.97 Å². The van der Waals surface area contributed by atoms with Crippen molar-refractivity contribution in [2.24, 2.45) is 0 Å². The summed E-state index contributed by atoms with van der Waals surface area (Å²) in [5.74, 6) is 0.785. The zero-order chi connectivity index (χ0) is 23.9. The number of hydrogen-bond donors (Lipinski definition) is 1. The van der Waals surface area contributed by atoms with Gasteiger partial charge in [0.1, 0.15) is 11.5 Å². The molecule has 0 saturated carbocycles. The van der Waals surface area contributed by atoms with Crippen LogP contribution in [0.5, 0.6) is 11.5 Å². The highest BCUT2D eigenvalue weighted by atomic mass is 79.9. The number of carbonyl (C=O) groups is 1. The fourth-order valence-corrected chi connectivity index (χ4v) is 4.76. The minimum atomic E-state index is -0.884. The average molecular weight is 523 g/mol. The topological polar surface area (TPSA) is 53.0 Å². The molecule has 0 bridgehead atoms. The number of aromatic carboxylic acids is 1. The zero-order valence-electron chi connectivity index (χ0n) is 19.5. The molecule has 1 atom stereocenters. The molecule has 4 rings (SSSR count). The predicted octanol–water partition coefficient (Wildman–Crippen LogP) is 6.43. The summed E-state index contributed by atoms with van der Waals surface area (Å²) >= 11 is 3.45. The summed E-state index contributed by atoms with van der Waals surface area (Å²) in [4.78, 5) is 16.0. The normalized spacial score (nSPS) is 16.5. The van der Waals surface area contributed by atoms with E-state index in [4.69, 9.17) is 9.84 Å². The second-order valence-corrected chi connectivity index (χ2v) is 9.93. The van der Waals surface area contributed by atoms with E-state index in [1.54, 1.807) is 12.1 Å². The molecule has 0 radical (unpaired) electrons. The van der Waals surface area contributed by atoms with Crippen molar-refractivity contribution in [2.75, 3.05) is 20.1 Å². The first-order valence-electron chi connectivity index (χ1n) is 11.7. The van der Waals surface area contributed by atoms with E-state index in [1.165, 1.54) is 24.8 Å². The number of hydrogen-bond acceptors (Lipinski definition) is 4. The van der Waals surface area contributed by atoms with Crippen molar-refractivity contribution in [2.45, 2.75) is 38.4 Å². The van der Waals surface area contributed by atoms with Crippen molar-refractivity contribution in [1.82, 2.24) is 9.80 Å². The number of carboxylic acids is 1. The minimum Gasteiger partial charge on any atom is -0.478 e. The van der Waals surface area contributed by atoms with Gasteiger partial charge in [-0.3, -0.25) is 4.90 Å². The molecule has 0 spiro atoms. The highest BCUT2D eigenvalue weighted by Gasteiger charge is 2.23. The summed E-state index contributed by atoms with van der Waals surface area (Å²) in [6.07, 6.45) is 3.71. The van der Waals surface area contributed by atoms with Gasteiger partial charge in [0, 0.05) is 30.1 Å². The van der Waals surface area contributed by atoms with Crippen molar-refractivity contribution in [3.63, 3.8) is 0 Å². The Morgan fingerprint density at radius 2 is 1.59 bits per heavy atom. The molecule has 3 aromatic rings. The van der Waals surface area contributed by atoms with Crippen molar-refractivity contribution in [3.05, 3.63) is 94.0 Å². The minimum absolute atomic E-state index is 0.332. The quantitative estimate of drug-likeness (QED) is 0.351. The number of nitrogens with zero attached hydrogens (tertiary/aromatic N) is 2. The van der Waals surface area contributed by atoms with E-state index >= 15 is 0 Å². The molecule has 0 unspecified atom stereocenters. The lowest BCUT2D eigenvalue weighted by molar-refractivity contribution is 0.0697. The van der Waals surface area contributed by atoms with Gasteiger partial charge in [-0.1, -0.05) is 46.6 Å². The summed E-state index contributed by atoms with van der Waals surface area (Å²) in [5.41, 5.74) is 2.76. The summed E-state index contributed by atoms with van der Waals surface area (Å²) < 4.78 is 6.99. The second-order valence-electron chi connectivity index (χ2n) is 9.02. The molecule has 5 nitrogen and oxygen atoms in total. The number of ether oxygens (including phenoxy) is 1. The van der Waals surface area contributed by atoms with Crippen LogP contribution in [-0.2, 0) is 13.1 Å². The van der Waals surface area contributed by atoms with Crippen LogP contribution in [0.2, 0.25) is 0 Å². The van der Waals surface area contributed by atoms with Gasteiger partial charge in [-0.2, -0.15) is 0 Å². The van der Waals surface area contributed by atoms with Gasteiger partial charge in [-0.05, 0) is 86.1 Å². The average Bonchev–Trinajstić information content (AvgIpc) is 2.83. The first-order valence-corrected chi connectivity index (χ1v) is 12.5. The molecule has 3 aromatic carbocycles. The maximum absolute atomic E-state index is 11.1. The van der Waals surface area contributed by atoms with Crippen molar-refractivity contribution >= 4 is 21.9 Å². The Balaban J connectivity index is 1.32. The number of piperidine rings is 1. The van der Waals surface area contributed by atoms with Crippen LogP contribution in [0.4, 0.5) is 0 Å². The van der Waals surface area contributed by atoms with Crippen molar-refractivity contribution in [3.8, 4) is 11.5 Å². The van der Waals surface area contributed by atoms with Gasteiger partial charge in [0.15, 0.2) is 0 Å². The van der Waals surface area contributed by atoms with Crippen LogP contribution in [0, 0.1) is 0 Å². The maximum Gasteiger partial charge on any atom is 0.335 e. The molecule has 6 heteroatoms. The van der Waals surface area contributed by atoms with Crippen LogP contribution in [0.3, 0.4) is 0 Å². The largest absolute Gasteiger partial charge is 0.478 e. The SMILES string of the molecule is CN(Cc1ccc(C(=O)O)cc1)C[C@H]1CCCCN1Cc1ccc(Oc2ccc(Br)cc2)cc1. The molecule has 1 aliphatic rings. The number of likely N-dealkylation sites (tertiary alicyclic amines) is 1. The van der Waals surface area contributed by atoms with Crippen LogP contribution < -0.4 is 4.74 Å². The summed E-state index contributed by atoms with van der Waals surface area (Å²) in [6.45, 7) is 3.85. The maximum atomic E-state index is 11.1. The van der Waals surface area contributed by atoms with Gasteiger partial charge in [-0.25, -0.2) is 4.79 Å². The van der Waals surface area contributed by atoms with Crippen LogP contribution >= 0.6 is 15.9 Å². The highest BCUT2D eigenvalue weighted by molar-refractivity contribution is 9.10. The number of benzene rings is 3. The third kappa shape index (κ3) is 6.92. The molecule has 1 N–H and O–H groups in total. The molecule has 1 saturated heterocycles. The third-order valence-electron chi connectivity index (χ3n) is 6.28. The van der Waals surface area contributed by atoms with E-state index in [0.717, 1.165) is 47.7 Å². The first-order chi connectivity index (χ1) is 16.5. The molecular formula is C28H31BrN2O3.